The minimum atomic E-state index is 0.00965. The highest BCUT2D eigenvalue weighted by molar-refractivity contribution is 5.94. The molecular weight excluding hydrogens is 236 g/mol. The maximum Gasteiger partial charge on any atom is 0.251 e. The lowest BCUT2D eigenvalue weighted by Crippen LogP contribution is -2.33. The zero-order valence-electron chi connectivity index (χ0n) is 11.9. The van der Waals surface area contributed by atoms with Crippen LogP contribution in [0.2, 0.25) is 0 Å². The number of hydrogen-bond donors (Lipinski definition) is 2. The van der Waals surface area contributed by atoms with E-state index in [2.05, 4.69) is 31.3 Å². The first-order valence-corrected chi connectivity index (χ1v) is 7.18. The van der Waals surface area contributed by atoms with Crippen molar-refractivity contribution in [2.24, 2.45) is 11.1 Å². The molecule has 3 nitrogen and oxygen atoms in total. The maximum atomic E-state index is 12.0. The van der Waals surface area contributed by atoms with Crippen molar-refractivity contribution in [2.45, 2.75) is 39.0 Å². The van der Waals surface area contributed by atoms with Gasteiger partial charge in [0.25, 0.3) is 5.91 Å². The van der Waals surface area contributed by atoms with Crippen LogP contribution in [-0.2, 0) is 0 Å². The minimum absolute atomic E-state index is 0.00965. The van der Waals surface area contributed by atoms with Gasteiger partial charge >= 0.3 is 0 Å². The normalized spacial score (nSPS) is 17.8. The molecule has 0 radical (unpaired) electrons. The molecule has 0 heterocycles. The van der Waals surface area contributed by atoms with Crippen LogP contribution < -0.4 is 11.1 Å². The third-order valence-electron chi connectivity index (χ3n) is 4.37. The van der Waals surface area contributed by atoms with Gasteiger partial charge in [-0.15, -0.1) is 0 Å². The summed E-state index contributed by atoms with van der Waals surface area (Å²) in [6.07, 6.45) is 3.39. The van der Waals surface area contributed by atoms with Gasteiger partial charge in [-0.3, -0.25) is 4.79 Å². The second-order valence-corrected chi connectivity index (χ2v) is 5.82. The van der Waals surface area contributed by atoms with Crippen LogP contribution in [0.4, 0.5) is 0 Å². The monoisotopic (exact) mass is 260 g/mol. The van der Waals surface area contributed by atoms with Gasteiger partial charge in [0.2, 0.25) is 0 Å². The van der Waals surface area contributed by atoms with E-state index in [1.807, 2.05) is 12.1 Å². The topological polar surface area (TPSA) is 55.1 Å². The largest absolute Gasteiger partial charge is 0.351 e. The molecule has 1 aromatic rings. The molecule has 0 bridgehead atoms. The lowest BCUT2D eigenvalue weighted by Gasteiger charge is -2.14. The number of carbonyl (C=O) groups is 1. The van der Waals surface area contributed by atoms with Gasteiger partial charge < -0.3 is 11.1 Å². The first-order valence-electron chi connectivity index (χ1n) is 7.18. The van der Waals surface area contributed by atoms with E-state index in [9.17, 15) is 4.79 Å². The first-order chi connectivity index (χ1) is 9.10. The Hall–Kier alpha value is -1.35. The van der Waals surface area contributed by atoms with Gasteiger partial charge in [-0.05, 0) is 49.4 Å². The fourth-order valence-corrected chi connectivity index (χ4v) is 2.20. The molecule has 0 saturated heterocycles. The van der Waals surface area contributed by atoms with Gasteiger partial charge in [0.1, 0.15) is 0 Å². The number of nitrogens with one attached hydrogen (secondary N) is 1. The van der Waals surface area contributed by atoms with Crippen molar-refractivity contribution in [1.29, 1.82) is 0 Å². The molecule has 19 heavy (non-hydrogen) atoms. The Morgan fingerprint density at radius 2 is 2.00 bits per heavy atom. The summed E-state index contributed by atoms with van der Waals surface area (Å²) < 4.78 is 0. The Labute approximate surface area is 115 Å². The van der Waals surface area contributed by atoms with E-state index in [0.29, 0.717) is 19.0 Å². The van der Waals surface area contributed by atoms with Gasteiger partial charge in [-0.2, -0.15) is 0 Å². The smallest absolute Gasteiger partial charge is 0.251 e. The van der Waals surface area contributed by atoms with E-state index in [-0.39, 0.29) is 11.3 Å². The van der Waals surface area contributed by atoms with Crippen molar-refractivity contribution in [3.8, 4) is 0 Å². The van der Waals surface area contributed by atoms with Crippen LogP contribution in [0.1, 0.15) is 54.9 Å². The number of benzene rings is 1. The highest BCUT2D eigenvalue weighted by atomic mass is 16.1. The Balaban J connectivity index is 1.92. The predicted octanol–water partition coefficient (Wildman–Crippen LogP) is 2.67. The average molecular weight is 260 g/mol. The highest BCUT2D eigenvalue weighted by Crippen LogP contribution is 2.43. The summed E-state index contributed by atoms with van der Waals surface area (Å²) in [5, 5.41) is 3.00. The molecule has 1 fully saturated rings. The molecule has 1 aliphatic carbocycles. The Morgan fingerprint density at radius 3 is 2.47 bits per heavy atom. The zero-order valence-corrected chi connectivity index (χ0v) is 11.9. The Bertz CT molecular complexity index is 435. The predicted molar refractivity (Wildman–Crippen MR) is 78.2 cm³/mol. The molecule has 0 aromatic heterocycles. The van der Waals surface area contributed by atoms with Crippen molar-refractivity contribution in [1.82, 2.24) is 5.32 Å². The van der Waals surface area contributed by atoms with Gasteiger partial charge in [-0.1, -0.05) is 26.0 Å². The number of amides is 1. The standard InChI is InChI=1S/C16H24N2O/c1-3-12(2)13-4-6-14(7-5-13)15(19)18-11-16(10-17)8-9-16/h4-7,12H,3,8-11,17H2,1-2H3,(H,18,19). The second kappa shape index (κ2) is 5.74. The van der Waals surface area contributed by atoms with Crippen molar-refractivity contribution in [3.63, 3.8) is 0 Å². The van der Waals surface area contributed by atoms with Crippen molar-refractivity contribution >= 4 is 5.91 Å². The van der Waals surface area contributed by atoms with E-state index in [4.69, 9.17) is 5.73 Å². The lowest BCUT2D eigenvalue weighted by atomic mass is 9.97. The van der Waals surface area contributed by atoms with Gasteiger partial charge in [-0.25, -0.2) is 0 Å². The molecule has 2 rings (SSSR count). The van der Waals surface area contributed by atoms with E-state index in [1.165, 1.54) is 5.56 Å². The maximum absolute atomic E-state index is 12.0. The van der Waals surface area contributed by atoms with Crippen molar-refractivity contribution in [3.05, 3.63) is 35.4 Å². The van der Waals surface area contributed by atoms with Crippen LogP contribution in [0, 0.1) is 5.41 Å². The molecule has 3 heteroatoms. The minimum Gasteiger partial charge on any atom is -0.351 e. The molecule has 1 aliphatic rings. The zero-order chi connectivity index (χ0) is 13.9. The van der Waals surface area contributed by atoms with Gasteiger partial charge in [0, 0.05) is 17.5 Å². The lowest BCUT2D eigenvalue weighted by molar-refractivity contribution is 0.0945. The quantitative estimate of drug-likeness (QED) is 0.826. The SMILES string of the molecule is CCC(C)c1ccc(C(=O)NCC2(CN)CC2)cc1. The van der Waals surface area contributed by atoms with E-state index in [0.717, 1.165) is 24.8 Å². The third kappa shape index (κ3) is 3.35. The Kier molecular flexibility index (Phi) is 4.25. The van der Waals surface area contributed by atoms with E-state index < -0.39 is 0 Å². The second-order valence-electron chi connectivity index (χ2n) is 5.82. The van der Waals surface area contributed by atoms with Crippen LogP contribution in [0.3, 0.4) is 0 Å². The summed E-state index contributed by atoms with van der Waals surface area (Å²) in [6.45, 7) is 5.75. The molecule has 1 atom stereocenters. The molecule has 0 spiro atoms. The molecule has 104 valence electrons. The molecule has 1 unspecified atom stereocenters. The summed E-state index contributed by atoms with van der Waals surface area (Å²) in [5.41, 5.74) is 7.93. The van der Waals surface area contributed by atoms with Crippen LogP contribution in [-0.4, -0.2) is 19.0 Å². The number of hydrogen-bond acceptors (Lipinski definition) is 2. The molecule has 1 aromatic carbocycles. The van der Waals surface area contributed by atoms with E-state index in [1.54, 1.807) is 0 Å². The molecule has 0 aliphatic heterocycles. The third-order valence-corrected chi connectivity index (χ3v) is 4.37. The summed E-state index contributed by atoms with van der Waals surface area (Å²) in [5.74, 6) is 0.555. The summed E-state index contributed by atoms with van der Waals surface area (Å²) in [4.78, 5) is 12.0. The summed E-state index contributed by atoms with van der Waals surface area (Å²) in [6, 6.07) is 7.94. The van der Waals surface area contributed by atoms with Crippen molar-refractivity contribution < 1.29 is 4.79 Å². The number of rotatable bonds is 6. The fourth-order valence-electron chi connectivity index (χ4n) is 2.20. The van der Waals surface area contributed by atoms with Crippen LogP contribution in [0.25, 0.3) is 0 Å². The molecule has 1 amide bonds. The van der Waals surface area contributed by atoms with Crippen LogP contribution >= 0.6 is 0 Å². The molecule has 1 saturated carbocycles. The molecular formula is C16H24N2O. The fraction of sp³-hybridized carbons (Fsp3) is 0.562. The summed E-state index contributed by atoms with van der Waals surface area (Å²) >= 11 is 0. The van der Waals surface area contributed by atoms with Gasteiger partial charge in [0.05, 0.1) is 0 Å². The van der Waals surface area contributed by atoms with Crippen molar-refractivity contribution in [2.75, 3.05) is 13.1 Å². The van der Waals surface area contributed by atoms with Crippen LogP contribution in [0.5, 0.6) is 0 Å². The average Bonchev–Trinajstić information content (AvgIpc) is 3.25. The van der Waals surface area contributed by atoms with Crippen LogP contribution in [0.15, 0.2) is 24.3 Å². The highest BCUT2D eigenvalue weighted by Gasteiger charge is 2.41. The first kappa shape index (κ1) is 14.1. The Morgan fingerprint density at radius 1 is 1.37 bits per heavy atom. The van der Waals surface area contributed by atoms with E-state index >= 15 is 0 Å². The number of nitrogens with two attached hydrogens (primary N) is 1. The molecule has 3 N–H and O–H groups in total. The summed E-state index contributed by atoms with van der Waals surface area (Å²) in [7, 11) is 0. The number of carbonyl (C=O) groups excluding carboxylic acids is 1. The van der Waals surface area contributed by atoms with Gasteiger partial charge in [0.15, 0.2) is 0 Å².